The molecular weight excluding hydrogens is 242 g/mol. The average molecular weight is 265 g/mol. The van der Waals surface area contributed by atoms with Crippen LogP contribution in [-0.4, -0.2) is 47.8 Å². The number of H-pyrrole nitrogens is 1. The molecule has 0 aliphatic heterocycles. The van der Waals surface area contributed by atoms with Crippen LogP contribution in [0.15, 0.2) is 6.07 Å². The maximum Gasteiger partial charge on any atom is 0.274 e. The maximum absolute atomic E-state index is 12.4. The zero-order chi connectivity index (χ0) is 13.8. The smallest absolute Gasteiger partial charge is 0.274 e. The van der Waals surface area contributed by atoms with E-state index in [0.29, 0.717) is 30.7 Å². The second kappa shape index (κ2) is 6.19. The third kappa shape index (κ3) is 3.80. The number of rotatable bonds is 7. The Morgan fingerprint density at radius 1 is 1.58 bits per heavy atom. The van der Waals surface area contributed by atoms with Gasteiger partial charge in [0.15, 0.2) is 0 Å². The first-order valence-electron chi connectivity index (χ1n) is 6.95. The van der Waals surface area contributed by atoms with Crippen LogP contribution < -0.4 is 0 Å². The fourth-order valence-electron chi connectivity index (χ4n) is 2.13. The fourth-order valence-corrected chi connectivity index (χ4v) is 2.13. The molecule has 0 atom stereocenters. The minimum absolute atomic E-state index is 0.00565. The predicted octanol–water partition coefficient (Wildman–Crippen LogP) is 2.03. The molecule has 5 nitrogen and oxygen atoms in total. The van der Waals surface area contributed by atoms with Crippen LogP contribution in [0.25, 0.3) is 0 Å². The standard InChI is InChI=1S/C14H23N3O2/c1-10(2)9-17(6-7-19-3)14(18)13-8-12(15-16-13)11-4-5-11/h8,10-11H,4-7,9H2,1-3H3,(H,15,16). The molecule has 1 fully saturated rings. The van der Waals surface area contributed by atoms with Crippen molar-refractivity contribution in [3.05, 3.63) is 17.5 Å². The Bertz CT molecular complexity index is 424. The van der Waals surface area contributed by atoms with Gasteiger partial charge in [-0.25, -0.2) is 0 Å². The maximum atomic E-state index is 12.4. The summed E-state index contributed by atoms with van der Waals surface area (Å²) in [4.78, 5) is 14.3. The number of nitrogens with one attached hydrogen (secondary N) is 1. The number of ether oxygens (including phenoxy) is 1. The van der Waals surface area contributed by atoms with Crippen molar-refractivity contribution in [2.45, 2.75) is 32.6 Å². The highest BCUT2D eigenvalue weighted by Crippen LogP contribution is 2.39. The molecule has 0 unspecified atom stereocenters. The van der Waals surface area contributed by atoms with Crippen molar-refractivity contribution in [2.75, 3.05) is 26.8 Å². The zero-order valence-electron chi connectivity index (χ0n) is 12.0. The zero-order valence-corrected chi connectivity index (χ0v) is 12.0. The summed E-state index contributed by atoms with van der Waals surface area (Å²) in [6, 6.07) is 1.90. The van der Waals surface area contributed by atoms with Gasteiger partial charge in [-0.2, -0.15) is 5.10 Å². The summed E-state index contributed by atoms with van der Waals surface area (Å²) in [5, 5.41) is 7.14. The van der Waals surface area contributed by atoms with Gasteiger partial charge in [-0.05, 0) is 24.8 Å². The summed E-state index contributed by atoms with van der Waals surface area (Å²) in [6.07, 6.45) is 2.41. The van der Waals surface area contributed by atoms with Gasteiger partial charge in [-0.15, -0.1) is 0 Å². The molecule has 5 heteroatoms. The van der Waals surface area contributed by atoms with E-state index in [4.69, 9.17) is 4.74 Å². The third-order valence-corrected chi connectivity index (χ3v) is 3.27. The van der Waals surface area contributed by atoms with Crippen LogP contribution in [0.2, 0.25) is 0 Å². The Kier molecular flexibility index (Phi) is 4.58. The van der Waals surface area contributed by atoms with Gasteiger partial charge in [0.05, 0.1) is 6.61 Å². The molecule has 1 amide bonds. The van der Waals surface area contributed by atoms with Gasteiger partial charge in [0, 0.05) is 31.8 Å². The first-order chi connectivity index (χ1) is 9.11. The summed E-state index contributed by atoms with van der Waals surface area (Å²) in [5.74, 6) is 1.02. The van der Waals surface area contributed by atoms with E-state index >= 15 is 0 Å². The van der Waals surface area contributed by atoms with Crippen molar-refractivity contribution in [3.8, 4) is 0 Å². The molecule has 0 spiro atoms. The summed E-state index contributed by atoms with van der Waals surface area (Å²) in [6.45, 7) is 6.10. The van der Waals surface area contributed by atoms with Crippen LogP contribution >= 0.6 is 0 Å². The molecule has 1 aliphatic rings. The molecule has 1 aromatic rings. The number of carbonyl (C=O) groups is 1. The Hall–Kier alpha value is -1.36. The van der Waals surface area contributed by atoms with Crippen molar-refractivity contribution in [2.24, 2.45) is 5.92 Å². The van der Waals surface area contributed by atoms with Crippen LogP contribution in [0, 0.1) is 5.92 Å². The summed E-state index contributed by atoms with van der Waals surface area (Å²) >= 11 is 0. The first-order valence-corrected chi connectivity index (χ1v) is 6.95. The first kappa shape index (κ1) is 14.1. The molecule has 0 bridgehead atoms. The minimum Gasteiger partial charge on any atom is -0.383 e. The Morgan fingerprint density at radius 3 is 2.89 bits per heavy atom. The molecule has 1 aromatic heterocycles. The second-order valence-electron chi connectivity index (χ2n) is 5.62. The van der Waals surface area contributed by atoms with Crippen LogP contribution in [-0.2, 0) is 4.74 Å². The molecular formula is C14H23N3O2. The van der Waals surface area contributed by atoms with Gasteiger partial charge < -0.3 is 9.64 Å². The number of hydrogen-bond donors (Lipinski definition) is 1. The molecule has 1 N–H and O–H groups in total. The lowest BCUT2D eigenvalue weighted by Crippen LogP contribution is -2.36. The SMILES string of the molecule is COCCN(CC(C)C)C(=O)c1cc(C2CC2)[nH]n1. The molecule has 0 saturated heterocycles. The molecule has 2 rings (SSSR count). The lowest BCUT2D eigenvalue weighted by Gasteiger charge is -2.23. The lowest BCUT2D eigenvalue weighted by atomic mass is 10.2. The van der Waals surface area contributed by atoms with E-state index in [1.54, 1.807) is 7.11 Å². The molecule has 1 saturated carbocycles. The van der Waals surface area contributed by atoms with E-state index in [0.717, 1.165) is 12.2 Å². The van der Waals surface area contributed by atoms with E-state index in [1.165, 1.54) is 12.8 Å². The number of hydrogen-bond acceptors (Lipinski definition) is 3. The van der Waals surface area contributed by atoms with Crippen molar-refractivity contribution in [3.63, 3.8) is 0 Å². The highest BCUT2D eigenvalue weighted by molar-refractivity contribution is 5.92. The lowest BCUT2D eigenvalue weighted by molar-refractivity contribution is 0.0666. The average Bonchev–Trinajstić information content (AvgIpc) is 3.11. The number of carbonyl (C=O) groups excluding carboxylic acids is 1. The summed E-state index contributed by atoms with van der Waals surface area (Å²) in [7, 11) is 1.65. The number of aromatic nitrogens is 2. The molecule has 1 heterocycles. The molecule has 0 radical (unpaired) electrons. The molecule has 106 valence electrons. The van der Waals surface area contributed by atoms with Crippen molar-refractivity contribution < 1.29 is 9.53 Å². The Balaban J connectivity index is 2.02. The number of aromatic amines is 1. The Morgan fingerprint density at radius 2 is 2.32 bits per heavy atom. The number of amides is 1. The highest BCUT2D eigenvalue weighted by Gasteiger charge is 2.27. The fraction of sp³-hybridized carbons (Fsp3) is 0.714. The van der Waals surface area contributed by atoms with Gasteiger partial charge in [0.1, 0.15) is 5.69 Å². The van der Waals surface area contributed by atoms with E-state index in [1.807, 2.05) is 11.0 Å². The van der Waals surface area contributed by atoms with Crippen LogP contribution in [0.4, 0.5) is 0 Å². The van der Waals surface area contributed by atoms with Crippen LogP contribution in [0.3, 0.4) is 0 Å². The van der Waals surface area contributed by atoms with Crippen molar-refractivity contribution in [1.29, 1.82) is 0 Å². The van der Waals surface area contributed by atoms with Crippen molar-refractivity contribution >= 4 is 5.91 Å². The van der Waals surface area contributed by atoms with E-state index < -0.39 is 0 Å². The monoisotopic (exact) mass is 265 g/mol. The molecule has 19 heavy (non-hydrogen) atoms. The largest absolute Gasteiger partial charge is 0.383 e. The van der Waals surface area contributed by atoms with E-state index in [-0.39, 0.29) is 5.91 Å². The van der Waals surface area contributed by atoms with Gasteiger partial charge in [-0.3, -0.25) is 9.89 Å². The quantitative estimate of drug-likeness (QED) is 0.820. The van der Waals surface area contributed by atoms with Gasteiger partial charge in [0.25, 0.3) is 5.91 Å². The van der Waals surface area contributed by atoms with Gasteiger partial charge in [0.2, 0.25) is 0 Å². The second-order valence-corrected chi connectivity index (χ2v) is 5.62. The van der Waals surface area contributed by atoms with E-state index in [9.17, 15) is 4.79 Å². The predicted molar refractivity (Wildman–Crippen MR) is 73.2 cm³/mol. The Labute approximate surface area is 114 Å². The minimum atomic E-state index is -0.00565. The normalized spacial score (nSPS) is 14.9. The van der Waals surface area contributed by atoms with E-state index in [2.05, 4.69) is 24.0 Å². The van der Waals surface area contributed by atoms with Crippen molar-refractivity contribution in [1.82, 2.24) is 15.1 Å². The molecule has 1 aliphatic carbocycles. The summed E-state index contributed by atoms with van der Waals surface area (Å²) in [5.41, 5.74) is 1.62. The van der Waals surface area contributed by atoms with Gasteiger partial charge in [-0.1, -0.05) is 13.8 Å². The topological polar surface area (TPSA) is 58.2 Å². The number of methoxy groups -OCH3 is 1. The van der Waals surface area contributed by atoms with Crippen LogP contribution in [0.5, 0.6) is 0 Å². The van der Waals surface area contributed by atoms with Gasteiger partial charge >= 0.3 is 0 Å². The highest BCUT2D eigenvalue weighted by atomic mass is 16.5. The van der Waals surface area contributed by atoms with Crippen LogP contribution in [0.1, 0.15) is 48.8 Å². The summed E-state index contributed by atoms with van der Waals surface area (Å²) < 4.78 is 5.07. The third-order valence-electron chi connectivity index (χ3n) is 3.27. The molecule has 0 aromatic carbocycles. The number of nitrogens with zero attached hydrogens (tertiary/aromatic N) is 2.